The molecule has 0 saturated carbocycles. The molecule has 1 aromatic heterocycles. The zero-order valence-corrected chi connectivity index (χ0v) is 9.73. The maximum absolute atomic E-state index is 13.3. The second-order valence-electron chi connectivity index (χ2n) is 3.32. The molecule has 1 heterocycles. The fraction of sp³-hybridized carbons (Fsp3) is 0.0909. The van der Waals surface area contributed by atoms with Crippen LogP contribution in [-0.4, -0.2) is 5.11 Å². The molecule has 0 fully saturated rings. The Balaban J connectivity index is 2.48. The van der Waals surface area contributed by atoms with E-state index in [9.17, 15) is 9.50 Å². The van der Waals surface area contributed by atoms with Crippen LogP contribution in [0.4, 0.5) is 4.39 Å². The van der Waals surface area contributed by atoms with Crippen LogP contribution in [0.15, 0.2) is 29.6 Å². The Morgan fingerprint density at radius 1 is 1.44 bits per heavy atom. The van der Waals surface area contributed by atoms with Gasteiger partial charge in [-0.1, -0.05) is 17.7 Å². The quantitative estimate of drug-likeness (QED) is 0.867. The van der Waals surface area contributed by atoms with Crippen molar-refractivity contribution < 1.29 is 9.50 Å². The number of hydrogen-bond acceptors (Lipinski definition) is 3. The second-order valence-corrected chi connectivity index (χ2v) is 4.73. The van der Waals surface area contributed by atoms with E-state index >= 15 is 0 Å². The molecule has 0 aliphatic carbocycles. The average molecular weight is 258 g/mol. The lowest BCUT2D eigenvalue weighted by molar-refractivity contribution is 0.424. The maximum atomic E-state index is 13.3. The van der Waals surface area contributed by atoms with Crippen molar-refractivity contribution in [3.63, 3.8) is 0 Å². The van der Waals surface area contributed by atoms with E-state index in [0.29, 0.717) is 5.56 Å². The molecular formula is C11H9ClFNOS. The van der Waals surface area contributed by atoms with Crippen LogP contribution in [0.25, 0.3) is 0 Å². The normalized spacial score (nSPS) is 12.7. The van der Waals surface area contributed by atoms with Gasteiger partial charge in [0.2, 0.25) is 0 Å². The van der Waals surface area contributed by atoms with E-state index in [-0.39, 0.29) is 5.02 Å². The van der Waals surface area contributed by atoms with Gasteiger partial charge in [0.15, 0.2) is 11.6 Å². The van der Waals surface area contributed by atoms with Crippen LogP contribution in [0.5, 0.6) is 5.75 Å². The summed E-state index contributed by atoms with van der Waals surface area (Å²) in [5.41, 5.74) is 6.22. The first-order valence-corrected chi connectivity index (χ1v) is 5.82. The molecule has 1 aromatic carbocycles. The fourth-order valence-electron chi connectivity index (χ4n) is 1.44. The Kier molecular flexibility index (Phi) is 3.14. The number of nitrogens with two attached hydrogens (primary N) is 1. The zero-order valence-electron chi connectivity index (χ0n) is 8.15. The third kappa shape index (κ3) is 2.04. The lowest BCUT2D eigenvalue weighted by Gasteiger charge is -2.12. The first-order valence-electron chi connectivity index (χ1n) is 4.56. The summed E-state index contributed by atoms with van der Waals surface area (Å²) in [6.07, 6.45) is 0. The Labute approximate surface area is 101 Å². The van der Waals surface area contributed by atoms with Crippen LogP contribution < -0.4 is 5.73 Å². The van der Waals surface area contributed by atoms with Gasteiger partial charge in [-0.15, -0.1) is 11.3 Å². The summed E-state index contributed by atoms with van der Waals surface area (Å²) in [6.45, 7) is 0. The van der Waals surface area contributed by atoms with Crippen molar-refractivity contribution in [2.75, 3.05) is 0 Å². The number of thiophene rings is 1. The topological polar surface area (TPSA) is 46.2 Å². The van der Waals surface area contributed by atoms with Gasteiger partial charge in [-0.3, -0.25) is 0 Å². The molecule has 0 radical (unpaired) electrons. The molecule has 0 aliphatic heterocycles. The smallest absolute Gasteiger partial charge is 0.166 e. The molecule has 0 spiro atoms. The van der Waals surface area contributed by atoms with Gasteiger partial charge in [0.25, 0.3) is 0 Å². The molecule has 0 aliphatic rings. The van der Waals surface area contributed by atoms with Crippen molar-refractivity contribution in [2.24, 2.45) is 5.73 Å². The van der Waals surface area contributed by atoms with Gasteiger partial charge >= 0.3 is 0 Å². The maximum Gasteiger partial charge on any atom is 0.166 e. The van der Waals surface area contributed by atoms with Crippen molar-refractivity contribution in [1.82, 2.24) is 0 Å². The SMILES string of the molecule is N[C@H](c1cccs1)c1cc(Cl)cc(F)c1O. The minimum Gasteiger partial charge on any atom is -0.505 e. The molecule has 0 bridgehead atoms. The van der Waals surface area contributed by atoms with Crippen LogP contribution in [0.3, 0.4) is 0 Å². The number of rotatable bonds is 2. The largest absolute Gasteiger partial charge is 0.505 e. The van der Waals surface area contributed by atoms with E-state index in [0.717, 1.165) is 10.9 Å². The van der Waals surface area contributed by atoms with E-state index in [4.69, 9.17) is 17.3 Å². The standard InChI is InChI=1S/C11H9ClFNOS/c12-6-4-7(11(15)8(13)5-6)10(14)9-2-1-3-16-9/h1-5,10,15H,14H2/t10-/m0/s1. The first kappa shape index (κ1) is 11.4. The summed E-state index contributed by atoms with van der Waals surface area (Å²) >= 11 is 7.17. The molecule has 2 rings (SSSR count). The Hall–Kier alpha value is -1.10. The minimum atomic E-state index is -0.755. The summed E-state index contributed by atoms with van der Waals surface area (Å²) < 4.78 is 13.3. The highest BCUT2D eigenvalue weighted by atomic mass is 35.5. The predicted octanol–water partition coefficient (Wildman–Crippen LogP) is 3.29. The highest BCUT2D eigenvalue weighted by Crippen LogP contribution is 2.33. The van der Waals surface area contributed by atoms with Gasteiger partial charge in [-0.05, 0) is 23.6 Å². The van der Waals surface area contributed by atoms with Crippen LogP contribution in [-0.2, 0) is 0 Å². The molecule has 2 nitrogen and oxygen atoms in total. The average Bonchev–Trinajstić information content (AvgIpc) is 2.75. The molecule has 0 amide bonds. The van der Waals surface area contributed by atoms with E-state index in [2.05, 4.69) is 0 Å². The van der Waals surface area contributed by atoms with Crippen molar-refractivity contribution in [3.05, 3.63) is 50.9 Å². The van der Waals surface area contributed by atoms with Crippen molar-refractivity contribution in [2.45, 2.75) is 6.04 Å². The summed E-state index contributed by atoms with van der Waals surface area (Å²) in [4.78, 5) is 0.844. The first-order chi connectivity index (χ1) is 7.59. The summed E-state index contributed by atoms with van der Waals surface area (Å²) in [7, 11) is 0. The van der Waals surface area contributed by atoms with E-state index in [1.165, 1.54) is 17.4 Å². The molecule has 84 valence electrons. The van der Waals surface area contributed by atoms with E-state index in [1.807, 2.05) is 17.5 Å². The van der Waals surface area contributed by atoms with Crippen LogP contribution in [0.1, 0.15) is 16.5 Å². The summed E-state index contributed by atoms with van der Waals surface area (Å²) in [5.74, 6) is -1.19. The van der Waals surface area contributed by atoms with Crippen molar-refractivity contribution in [1.29, 1.82) is 0 Å². The van der Waals surface area contributed by atoms with Crippen molar-refractivity contribution in [3.8, 4) is 5.75 Å². The molecule has 16 heavy (non-hydrogen) atoms. The molecule has 0 unspecified atom stereocenters. The van der Waals surface area contributed by atoms with Gasteiger partial charge in [-0.25, -0.2) is 4.39 Å². The van der Waals surface area contributed by atoms with Crippen LogP contribution in [0.2, 0.25) is 5.02 Å². The highest BCUT2D eigenvalue weighted by molar-refractivity contribution is 7.10. The third-order valence-corrected chi connectivity index (χ3v) is 3.42. The van der Waals surface area contributed by atoms with Gasteiger partial charge in [0, 0.05) is 15.5 Å². The Morgan fingerprint density at radius 2 is 2.19 bits per heavy atom. The Bertz CT molecular complexity index is 501. The number of aromatic hydroxyl groups is 1. The molecule has 0 saturated heterocycles. The Morgan fingerprint density at radius 3 is 2.81 bits per heavy atom. The van der Waals surface area contributed by atoms with Crippen LogP contribution in [0, 0.1) is 5.82 Å². The van der Waals surface area contributed by atoms with Gasteiger partial charge < -0.3 is 10.8 Å². The lowest BCUT2D eigenvalue weighted by atomic mass is 10.0. The third-order valence-electron chi connectivity index (χ3n) is 2.24. The van der Waals surface area contributed by atoms with Gasteiger partial charge in [0.05, 0.1) is 6.04 Å². The fourth-order valence-corrected chi connectivity index (χ4v) is 2.40. The van der Waals surface area contributed by atoms with E-state index in [1.54, 1.807) is 0 Å². The molecule has 5 heteroatoms. The number of benzene rings is 1. The van der Waals surface area contributed by atoms with Crippen LogP contribution >= 0.6 is 22.9 Å². The molecule has 3 N–H and O–H groups in total. The van der Waals surface area contributed by atoms with Gasteiger partial charge in [0.1, 0.15) is 0 Å². The molecule has 1 atom stereocenters. The zero-order chi connectivity index (χ0) is 11.7. The predicted molar refractivity (Wildman–Crippen MR) is 63.4 cm³/mol. The highest BCUT2D eigenvalue weighted by Gasteiger charge is 2.17. The second kappa shape index (κ2) is 4.41. The number of phenolic OH excluding ortho intramolecular Hbond substituents is 1. The van der Waals surface area contributed by atoms with Crippen molar-refractivity contribution >= 4 is 22.9 Å². The minimum absolute atomic E-state index is 0.220. The summed E-state index contributed by atoms with van der Waals surface area (Å²) in [5, 5.41) is 11.7. The number of hydrogen-bond donors (Lipinski definition) is 2. The lowest BCUT2D eigenvalue weighted by Crippen LogP contribution is -2.10. The molecular weight excluding hydrogens is 249 g/mol. The van der Waals surface area contributed by atoms with Gasteiger partial charge in [-0.2, -0.15) is 0 Å². The number of phenols is 1. The monoisotopic (exact) mass is 257 g/mol. The number of halogens is 2. The summed E-state index contributed by atoms with van der Waals surface area (Å²) in [6, 6.07) is 5.64. The van der Waals surface area contributed by atoms with E-state index < -0.39 is 17.6 Å². The molecule has 2 aromatic rings.